The molecule has 0 fully saturated rings. The highest BCUT2D eigenvalue weighted by Gasteiger charge is 2.43. The number of hydrogen-bond donors (Lipinski definition) is 2. The summed E-state index contributed by atoms with van der Waals surface area (Å²) in [5.41, 5.74) is 9.39. The number of alkyl halides is 3. The highest BCUT2D eigenvalue weighted by atomic mass is 19.4. The van der Waals surface area contributed by atoms with Gasteiger partial charge >= 0.3 is 24.2 Å². The highest BCUT2D eigenvalue weighted by molar-refractivity contribution is 5.83. The molecule has 1 aliphatic carbocycles. The van der Waals surface area contributed by atoms with E-state index >= 15 is 0 Å². The van der Waals surface area contributed by atoms with Crippen molar-refractivity contribution >= 4 is 18.0 Å². The van der Waals surface area contributed by atoms with Crippen molar-refractivity contribution in [3.05, 3.63) is 59.7 Å². The molecule has 0 saturated carbocycles. The number of ether oxygens (including phenoxy) is 1. The van der Waals surface area contributed by atoms with Crippen molar-refractivity contribution in [3.8, 4) is 11.1 Å². The Morgan fingerprint density at radius 1 is 0.970 bits per heavy atom. The van der Waals surface area contributed by atoms with Crippen LogP contribution >= 0.6 is 0 Å². The summed E-state index contributed by atoms with van der Waals surface area (Å²) in [7, 11) is 0. The van der Waals surface area contributed by atoms with Crippen molar-refractivity contribution in [1.82, 2.24) is 5.32 Å². The average molecular weight is 466 g/mol. The van der Waals surface area contributed by atoms with Crippen LogP contribution in [0.1, 0.15) is 29.9 Å². The Bertz CT molecular complexity index is 982. The van der Waals surface area contributed by atoms with Crippen molar-refractivity contribution in [3.63, 3.8) is 0 Å². The molecule has 3 rings (SSSR count). The fourth-order valence-corrected chi connectivity index (χ4v) is 3.54. The van der Waals surface area contributed by atoms with Crippen molar-refractivity contribution in [1.29, 1.82) is 0 Å². The van der Waals surface area contributed by atoms with Gasteiger partial charge in [-0.05, 0) is 41.6 Å². The number of nitrogens with two attached hydrogens (primary N) is 1. The quantitative estimate of drug-likeness (QED) is 0.475. The minimum atomic E-state index is -5.34. The summed E-state index contributed by atoms with van der Waals surface area (Å²) in [4.78, 5) is 42.5. The second-order valence-corrected chi connectivity index (χ2v) is 7.22. The zero-order valence-electron chi connectivity index (χ0n) is 17.3. The topological polar surface area (TPSA) is 117 Å². The van der Waals surface area contributed by atoms with Gasteiger partial charge in [-0.1, -0.05) is 48.5 Å². The molecule has 0 saturated heterocycles. The number of carbonyl (C=O) groups is 3. The third kappa shape index (κ3) is 5.80. The summed E-state index contributed by atoms with van der Waals surface area (Å²) in [6.07, 6.45) is -6.16. The molecule has 2 aromatic rings. The molecule has 1 amide bonds. The lowest BCUT2D eigenvalue weighted by Crippen LogP contribution is -2.43. The highest BCUT2D eigenvalue weighted by Crippen LogP contribution is 2.44. The summed E-state index contributed by atoms with van der Waals surface area (Å²) in [6, 6.07) is 13.9. The Kier molecular flexibility index (Phi) is 7.54. The smallest absolute Gasteiger partial charge is 0.449 e. The van der Waals surface area contributed by atoms with E-state index in [1.54, 1.807) is 0 Å². The standard InChI is InChI=1S/C22H21F3N2O6/c23-22(24,25)20(29)33-32-19(28)18(10-5-11-26)27-21(30)31-12-17-15-8-3-1-6-13(15)14-7-2-4-9-16(14)17/h1-4,6-9,17-18H,5,10-12,26H2,(H,27,30)/t18-/m0/s1. The molecule has 0 aromatic heterocycles. The average Bonchev–Trinajstić information content (AvgIpc) is 3.11. The number of hydrogen-bond acceptors (Lipinski definition) is 7. The number of amides is 1. The molecular weight excluding hydrogens is 445 g/mol. The largest absolute Gasteiger partial charge is 0.495 e. The van der Waals surface area contributed by atoms with Gasteiger partial charge < -0.3 is 15.8 Å². The second kappa shape index (κ2) is 10.3. The molecule has 0 aliphatic heterocycles. The molecule has 3 N–H and O–H groups in total. The van der Waals surface area contributed by atoms with Crippen molar-refractivity contribution in [2.75, 3.05) is 13.2 Å². The molecule has 0 spiro atoms. The first kappa shape index (κ1) is 24.1. The third-order valence-corrected chi connectivity index (χ3v) is 5.05. The molecule has 8 nitrogen and oxygen atoms in total. The van der Waals surface area contributed by atoms with Crippen LogP contribution in [0.2, 0.25) is 0 Å². The number of benzene rings is 2. The fourth-order valence-electron chi connectivity index (χ4n) is 3.54. The molecule has 0 radical (unpaired) electrons. The molecule has 2 aromatic carbocycles. The maximum Gasteiger partial charge on any atom is 0.495 e. The van der Waals surface area contributed by atoms with Gasteiger partial charge in [0.2, 0.25) is 0 Å². The summed E-state index contributed by atoms with van der Waals surface area (Å²) in [5, 5.41) is 2.22. The van der Waals surface area contributed by atoms with Gasteiger partial charge in [0.1, 0.15) is 12.6 Å². The van der Waals surface area contributed by atoms with E-state index in [1.165, 1.54) is 0 Å². The van der Waals surface area contributed by atoms with E-state index in [9.17, 15) is 27.6 Å². The maximum absolute atomic E-state index is 12.3. The Morgan fingerprint density at radius 3 is 2.09 bits per heavy atom. The van der Waals surface area contributed by atoms with E-state index < -0.39 is 30.2 Å². The molecular formula is C22H21F3N2O6. The zero-order chi connectivity index (χ0) is 24.0. The normalized spacial score (nSPS) is 13.5. The Balaban J connectivity index is 1.61. The van der Waals surface area contributed by atoms with E-state index in [2.05, 4.69) is 15.1 Å². The van der Waals surface area contributed by atoms with Gasteiger partial charge in [0.25, 0.3) is 0 Å². The van der Waals surface area contributed by atoms with Gasteiger partial charge in [-0.2, -0.15) is 13.2 Å². The van der Waals surface area contributed by atoms with Gasteiger partial charge in [-0.25, -0.2) is 24.2 Å². The number of fused-ring (bicyclic) bond motifs is 3. The second-order valence-electron chi connectivity index (χ2n) is 7.22. The van der Waals surface area contributed by atoms with E-state index in [0.29, 0.717) is 0 Å². The maximum atomic E-state index is 12.3. The molecule has 33 heavy (non-hydrogen) atoms. The molecule has 0 unspecified atom stereocenters. The first-order chi connectivity index (χ1) is 15.7. The third-order valence-electron chi connectivity index (χ3n) is 5.05. The van der Waals surface area contributed by atoms with Crippen molar-refractivity contribution in [2.24, 2.45) is 5.73 Å². The SMILES string of the molecule is NCCC[C@H](NC(=O)OCC1c2ccccc2-c2ccccc21)C(=O)OOC(=O)C(F)(F)F. The molecule has 11 heteroatoms. The van der Waals surface area contributed by atoms with Crippen LogP contribution < -0.4 is 11.1 Å². The van der Waals surface area contributed by atoms with Crippen LogP contribution in [0, 0.1) is 0 Å². The van der Waals surface area contributed by atoms with Crippen LogP contribution in [0.15, 0.2) is 48.5 Å². The fraction of sp³-hybridized carbons (Fsp3) is 0.318. The minimum Gasteiger partial charge on any atom is -0.449 e. The van der Waals surface area contributed by atoms with Gasteiger partial charge in [-0.15, -0.1) is 0 Å². The van der Waals surface area contributed by atoms with Crippen LogP contribution in [0.25, 0.3) is 11.1 Å². The first-order valence-corrected chi connectivity index (χ1v) is 10.0. The predicted octanol–water partition coefficient (Wildman–Crippen LogP) is 3.20. The van der Waals surface area contributed by atoms with Crippen LogP contribution in [-0.4, -0.2) is 43.4 Å². The van der Waals surface area contributed by atoms with Gasteiger partial charge in [-0.3, -0.25) is 0 Å². The van der Waals surface area contributed by atoms with Crippen LogP contribution in [-0.2, 0) is 24.1 Å². The van der Waals surface area contributed by atoms with Gasteiger partial charge in [0, 0.05) is 5.92 Å². The molecule has 0 heterocycles. The lowest BCUT2D eigenvalue weighted by atomic mass is 9.98. The van der Waals surface area contributed by atoms with Crippen LogP contribution in [0.4, 0.5) is 18.0 Å². The van der Waals surface area contributed by atoms with E-state index in [1.807, 2.05) is 48.5 Å². The van der Waals surface area contributed by atoms with Gasteiger partial charge in [0.15, 0.2) is 0 Å². The minimum absolute atomic E-state index is 0.0401. The number of nitrogens with one attached hydrogen (secondary N) is 1. The monoisotopic (exact) mass is 466 g/mol. The number of carbonyl (C=O) groups excluding carboxylic acids is 3. The summed E-state index contributed by atoms with van der Waals surface area (Å²) in [5.74, 6) is -4.32. The van der Waals surface area contributed by atoms with E-state index in [-0.39, 0.29) is 31.9 Å². The van der Waals surface area contributed by atoms with E-state index in [0.717, 1.165) is 22.3 Å². The molecule has 1 aliphatic rings. The summed E-state index contributed by atoms with van der Waals surface area (Å²) in [6.45, 7) is 0.0973. The molecule has 0 bridgehead atoms. The van der Waals surface area contributed by atoms with Crippen molar-refractivity contribution < 1.29 is 42.1 Å². The Morgan fingerprint density at radius 2 is 1.55 bits per heavy atom. The lowest BCUT2D eigenvalue weighted by molar-refractivity contribution is -0.286. The number of rotatable bonds is 7. The number of alkyl carbamates (subject to hydrolysis) is 1. The predicted molar refractivity (Wildman–Crippen MR) is 109 cm³/mol. The van der Waals surface area contributed by atoms with Crippen LogP contribution in [0.5, 0.6) is 0 Å². The molecule has 176 valence electrons. The van der Waals surface area contributed by atoms with Crippen LogP contribution in [0.3, 0.4) is 0 Å². The van der Waals surface area contributed by atoms with E-state index in [4.69, 9.17) is 10.5 Å². The summed E-state index contributed by atoms with van der Waals surface area (Å²) >= 11 is 0. The van der Waals surface area contributed by atoms with Crippen molar-refractivity contribution in [2.45, 2.75) is 31.0 Å². The summed E-state index contributed by atoms with van der Waals surface area (Å²) < 4.78 is 41.9. The van der Waals surface area contributed by atoms with Gasteiger partial charge in [0.05, 0.1) is 0 Å². The number of halogens is 3. The first-order valence-electron chi connectivity index (χ1n) is 10.0. The Labute approximate surface area is 186 Å². The zero-order valence-corrected chi connectivity index (χ0v) is 17.3. The lowest BCUT2D eigenvalue weighted by Gasteiger charge is -2.18. The Hall–Kier alpha value is -3.60. The molecule has 1 atom stereocenters.